The Kier molecular flexibility index (Phi) is 5.04. The van der Waals surface area contributed by atoms with Crippen LogP contribution in [-0.2, 0) is 4.74 Å². The van der Waals surface area contributed by atoms with Crippen LogP contribution in [0.3, 0.4) is 0 Å². The first-order valence-corrected chi connectivity index (χ1v) is 7.31. The van der Waals surface area contributed by atoms with Crippen LogP contribution < -0.4 is 4.57 Å². The molecule has 0 aliphatic rings. The zero-order chi connectivity index (χ0) is 16.1. The van der Waals surface area contributed by atoms with Crippen LogP contribution in [0.5, 0.6) is 0 Å². The van der Waals surface area contributed by atoms with Crippen molar-refractivity contribution < 1.29 is 18.9 Å². The third-order valence-electron chi connectivity index (χ3n) is 3.53. The summed E-state index contributed by atoms with van der Waals surface area (Å²) in [6, 6.07) is 10.5. The molecule has 0 saturated carbocycles. The van der Waals surface area contributed by atoms with E-state index in [9.17, 15) is 9.59 Å². The molecule has 0 aliphatic carbocycles. The van der Waals surface area contributed by atoms with Gasteiger partial charge in [-0.1, -0.05) is 29.8 Å². The Hall–Kier alpha value is -2.49. The highest BCUT2D eigenvalue weighted by Gasteiger charge is 2.23. The van der Waals surface area contributed by atoms with Crippen molar-refractivity contribution in [3.63, 3.8) is 0 Å². The number of ether oxygens (including phenoxy) is 1. The number of hydrogen-bond acceptors (Lipinski definition) is 3. The van der Waals surface area contributed by atoms with Gasteiger partial charge in [0.1, 0.15) is 0 Å². The first kappa shape index (κ1) is 15.9. The lowest BCUT2D eigenvalue weighted by Crippen LogP contribution is -2.41. The van der Waals surface area contributed by atoms with Crippen molar-refractivity contribution in [2.24, 2.45) is 0 Å². The SMILES string of the molecule is CCOC(=O)c1cc[n+](C(C)C(=O)c2ccc(C)cc2)cc1. The second-order valence-electron chi connectivity index (χ2n) is 5.16. The van der Waals surface area contributed by atoms with Gasteiger partial charge in [0, 0.05) is 24.6 Å². The molecule has 4 nitrogen and oxygen atoms in total. The van der Waals surface area contributed by atoms with E-state index in [1.165, 1.54) is 0 Å². The minimum atomic E-state index is -0.354. The van der Waals surface area contributed by atoms with Crippen molar-refractivity contribution in [2.75, 3.05) is 6.61 Å². The van der Waals surface area contributed by atoms with Gasteiger partial charge in [0.25, 0.3) is 0 Å². The number of Topliss-reactive ketones (excluding diaryl/α,β-unsaturated/α-hetero) is 1. The first-order chi connectivity index (χ1) is 10.5. The van der Waals surface area contributed by atoms with Crippen LogP contribution in [0.25, 0.3) is 0 Å². The monoisotopic (exact) mass is 298 g/mol. The van der Waals surface area contributed by atoms with Gasteiger partial charge < -0.3 is 4.74 Å². The van der Waals surface area contributed by atoms with Gasteiger partial charge in [-0.05, 0) is 13.8 Å². The number of carbonyl (C=O) groups excluding carboxylic acids is 2. The van der Waals surface area contributed by atoms with Crippen molar-refractivity contribution in [3.05, 3.63) is 65.5 Å². The lowest BCUT2D eigenvalue weighted by Gasteiger charge is -2.07. The molecule has 114 valence electrons. The highest BCUT2D eigenvalue weighted by molar-refractivity contribution is 5.97. The molecular weight excluding hydrogens is 278 g/mol. The molecule has 1 aromatic heterocycles. The van der Waals surface area contributed by atoms with Gasteiger partial charge >= 0.3 is 5.97 Å². The molecule has 2 rings (SSSR count). The molecule has 1 atom stereocenters. The summed E-state index contributed by atoms with van der Waals surface area (Å²) in [7, 11) is 0. The summed E-state index contributed by atoms with van der Waals surface area (Å²) < 4.78 is 6.72. The van der Waals surface area contributed by atoms with Crippen LogP contribution in [-0.4, -0.2) is 18.4 Å². The summed E-state index contributed by atoms with van der Waals surface area (Å²) in [6.07, 6.45) is 3.45. The number of aromatic nitrogens is 1. The van der Waals surface area contributed by atoms with E-state index in [1.54, 1.807) is 36.0 Å². The summed E-state index contributed by atoms with van der Waals surface area (Å²) in [5, 5.41) is 0. The fraction of sp³-hybridized carbons (Fsp3) is 0.278. The summed E-state index contributed by atoms with van der Waals surface area (Å²) in [5.74, 6) is -0.318. The lowest BCUT2D eigenvalue weighted by atomic mass is 10.0. The van der Waals surface area contributed by atoms with Crippen LogP contribution in [0.15, 0.2) is 48.8 Å². The first-order valence-electron chi connectivity index (χ1n) is 7.31. The zero-order valence-corrected chi connectivity index (χ0v) is 13.1. The quantitative estimate of drug-likeness (QED) is 0.484. The number of aryl methyl sites for hydroxylation is 1. The van der Waals surface area contributed by atoms with Gasteiger partial charge in [-0.3, -0.25) is 4.79 Å². The Morgan fingerprint density at radius 1 is 1.05 bits per heavy atom. The van der Waals surface area contributed by atoms with Crippen molar-refractivity contribution in [3.8, 4) is 0 Å². The Morgan fingerprint density at radius 3 is 2.18 bits per heavy atom. The van der Waals surface area contributed by atoms with Gasteiger partial charge in [-0.2, -0.15) is 4.57 Å². The van der Waals surface area contributed by atoms with Gasteiger partial charge in [-0.25, -0.2) is 4.79 Å². The average Bonchev–Trinajstić information content (AvgIpc) is 2.54. The van der Waals surface area contributed by atoms with E-state index in [-0.39, 0.29) is 17.8 Å². The van der Waals surface area contributed by atoms with Crippen LogP contribution in [0.1, 0.15) is 46.2 Å². The van der Waals surface area contributed by atoms with Gasteiger partial charge in [0.2, 0.25) is 11.8 Å². The van der Waals surface area contributed by atoms with Crippen LogP contribution in [0, 0.1) is 6.92 Å². The standard InChI is InChI=1S/C18H20NO3/c1-4-22-18(21)16-9-11-19(12-10-16)14(3)17(20)15-7-5-13(2)6-8-15/h5-12,14H,4H2,1-3H3/q+1. The van der Waals surface area contributed by atoms with Crippen LogP contribution in [0.2, 0.25) is 0 Å². The third-order valence-corrected chi connectivity index (χ3v) is 3.53. The van der Waals surface area contributed by atoms with E-state index in [1.807, 2.05) is 38.1 Å². The fourth-order valence-electron chi connectivity index (χ4n) is 2.14. The molecule has 0 N–H and O–H groups in total. The fourth-order valence-corrected chi connectivity index (χ4v) is 2.14. The third kappa shape index (κ3) is 3.58. The molecule has 0 amide bonds. The summed E-state index contributed by atoms with van der Waals surface area (Å²) >= 11 is 0. The predicted octanol–water partition coefficient (Wildman–Crippen LogP) is 2.90. The molecule has 0 fully saturated rings. The van der Waals surface area contributed by atoms with E-state index in [4.69, 9.17) is 4.74 Å². The van der Waals surface area contributed by atoms with Crippen LogP contribution in [0.4, 0.5) is 0 Å². The van der Waals surface area contributed by atoms with Crippen molar-refractivity contribution in [1.29, 1.82) is 0 Å². The molecule has 0 radical (unpaired) electrons. The number of hydrogen-bond donors (Lipinski definition) is 0. The highest BCUT2D eigenvalue weighted by atomic mass is 16.5. The zero-order valence-electron chi connectivity index (χ0n) is 13.1. The minimum absolute atomic E-state index is 0.0360. The summed E-state index contributed by atoms with van der Waals surface area (Å²) in [4.78, 5) is 24.1. The number of ketones is 1. The molecule has 0 saturated heterocycles. The van der Waals surface area contributed by atoms with Crippen molar-refractivity contribution >= 4 is 11.8 Å². The number of pyridine rings is 1. The number of rotatable bonds is 5. The molecule has 1 unspecified atom stereocenters. The smallest absolute Gasteiger partial charge is 0.338 e. The Morgan fingerprint density at radius 2 is 1.64 bits per heavy atom. The second kappa shape index (κ2) is 6.98. The molecule has 22 heavy (non-hydrogen) atoms. The van der Waals surface area contributed by atoms with E-state index in [2.05, 4.69) is 0 Å². The molecule has 0 spiro atoms. The molecule has 1 heterocycles. The van der Waals surface area contributed by atoms with E-state index in [0.717, 1.165) is 5.56 Å². The second-order valence-corrected chi connectivity index (χ2v) is 5.16. The van der Waals surface area contributed by atoms with E-state index < -0.39 is 0 Å². The molecule has 0 aliphatic heterocycles. The molecule has 2 aromatic rings. The summed E-state index contributed by atoms with van der Waals surface area (Å²) in [5.41, 5.74) is 2.28. The molecule has 1 aromatic carbocycles. The van der Waals surface area contributed by atoms with Crippen molar-refractivity contribution in [2.45, 2.75) is 26.8 Å². The number of nitrogens with zero attached hydrogens (tertiary/aromatic N) is 1. The number of carbonyl (C=O) groups is 2. The maximum Gasteiger partial charge on any atom is 0.338 e. The Labute approximate surface area is 130 Å². The maximum atomic E-state index is 12.5. The maximum absolute atomic E-state index is 12.5. The molecule has 4 heteroatoms. The van der Waals surface area contributed by atoms with Gasteiger partial charge in [-0.15, -0.1) is 0 Å². The van der Waals surface area contributed by atoms with Gasteiger partial charge in [0.05, 0.1) is 12.2 Å². The molecular formula is C18H20NO3+. The number of benzene rings is 1. The summed E-state index contributed by atoms with van der Waals surface area (Å²) in [6.45, 7) is 5.94. The predicted molar refractivity (Wildman–Crippen MR) is 82.8 cm³/mol. The highest BCUT2D eigenvalue weighted by Crippen LogP contribution is 2.10. The topological polar surface area (TPSA) is 47.2 Å². The van der Waals surface area contributed by atoms with Crippen LogP contribution >= 0.6 is 0 Å². The Bertz CT molecular complexity index is 660. The lowest BCUT2D eigenvalue weighted by molar-refractivity contribution is -0.704. The van der Waals surface area contributed by atoms with E-state index >= 15 is 0 Å². The molecule has 0 bridgehead atoms. The number of esters is 1. The van der Waals surface area contributed by atoms with Crippen molar-refractivity contribution in [1.82, 2.24) is 0 Å². The normalized spacial score (nSPS) is 11.8. The van der Waals surface area contributed by atoms with Gasteiger partial charge in [0.15, 0.2) is 12.4 Å². The largest absolute Gasteiger partial charge is 0.462 e. The van der Waals surface area contributed by atoms with E-state index in [0.29, 0.717) is 17.7 Å². The average molecular weight is 298 g/mol. The Balaban J connectivity index is 2.15. The minimum Gasteiger partial charge on any atom is -0.462 e.